The summed E-state index contributed by atoms with van der Waals surface area (Å²) in [6.45, 7) is 5.24. The number of carbonyl (C=O) groups excluding carboxylic acids is 1. The van der Waals surface area contributed by atoms with Crippen LogP contribution in [-0.4, -0.2) is 47.0 Å². The van der Waals surface area contributed by atoms with Gasteiger partial charge in [0.15, 0.2) is 0 Å². The van der Waals surface area contributed by atoms with E-state index >= 15 is 0 Å². The van der Waals surface area contributed by atoms with Crippen LogP contribution in [0.1, 0.15) is 39.2 Å². The van der Waals surface area contributed by atoms with Crippen LogP contribution in [0, 0.1) is 6.92 Å². The fourth-order valence-electron chi connectivity index (χ4n) is 3.82. The van der Waals surface area contributed by atoms with Gasteiger partial charge in [0.25, 0.3) is 5.91 Å². The third kappa shape index (κ3) is 3.72. The average Bonchev–Trinajstić information content (AvgIpc) is 2.66. The zero-order valence-electron chi connectivity index (χ0n) is 15.3. The van der Waals surface area contributed by atoms with Crippen molar-refractivity contribution in [3.05, 3.63) is 52.6 Å². The van der Waals surface area contributed by atoms with E-state index in [0.717, 1.165) is 38.2 Å². The second-order valence-electron chi connectivity index (χ2n) is 7.09. The van der Waals surface area contributed by atoms with E-state index < -0.39 is 17.9 Å². The van der Waals surface area contributed by atoms with Crippen molar-refractivity contribution in [2.24, 2.45) is 0 Å². The van der Waals surface area contributed by atoms with Gasteiger partial charge in [0, 0.05) is 43.6 Å². The van der Waals surface area contributed by atoms with E-state index in [1.165, 1.54) is 18.6 Å². The Hall–Kier alpha value is -2.52. The summed E-state index contributed by atoms with van der Waals surface area (Å²) in [5.74, 6) is -2.00. The molecule has 1 amide bonds. The molecule has 1 fully saturated rings. The minimum atomic E-state index is -4.70. The van der Waals surface area contributed by atoms with Crippen LogP contribution in [0.5, 0.6) is 0 Å². The summed E-state index contributed by atoms with van der Waals surface area (Å²) in [6, 6.07) is 7.24. The highest BCUT2D eigenvalue weighted by atomic mass is 19.4. The molecule has 4 rings (SSSR count). The topological polar surface area (TPSA) is 70.2 Å². The lowest BCUT2D eigenvalue weighted by atomic mass is 9.91. The monoisotopic (exact) mass is 391 g/mol. The van der Waals surface area contributed by atoms with Gasteiger partial charge < -0.3 is 10.6 Å². The van der Waals surface area contributed by atoms with Crippen LogP contribution in [-0.2, 0) is 12.6 Å². The Labute approximate surface area is 160 Å². The van der Waals surface area contributed by atoms with Gasteiger partial charge in [0.2, 0.25) is 5.82 Å². The van der Waals surface area contributed by atoms with Crippen LogP contribution in [0.2, 0.25) is 0 Å². The molecule has 1 aromatic carbocycles. The predicted octanol–water partition coefficient (Wildman–Crippen LogP) is 2.56. The van der Waals surface area contributed by atoms with Crippen molar-refractivity contribution in [1.29, 1.82) is 0 Å². The highest BCUT2D eigenvalue weighted by Crippen LogP contribution is 2.32. The highest BCUT2D eigenvalue weighted by molar-refractivity contribution is 6.03. The molecule has 3 heterocycles. The molecule has 2 N–H and O–H groups in total. The first-order chi connectivity index (χ1) is 13.3. The number of piperazine rings is 1. The predicted molar refractivity (Wildman–Crippen MR) is 97.1 cm³/mol. The van der Waals surface area contributed by atoms with Gasteiger partial charge in [-0.15, -0.1) is 0 Å². The molecule has 0 radical (unpaired) electrons. The van der Waals surface area contributed by atoms with Crippen molar-refractivity contribution >= 4 is 11.6 Å². The SMILES string of the molecule is Cc1cc(C(=O)Nc2ccc3c(c2)CCN2CCNCC32)nc(C(F)(F)F)n1. The first kappa shape index (κ1) is 18.8. The first-order valence-corrected chi connectivity index (χ1v) is 9.13. The van der Waals surface area contributed by atoms with Gasteiger partial charge in [-0.25, -0.2) is 9.97 Å². The van der Waals surface area contributed by atoms with Crippen LogP contribution >= 0.6 is 0 Å². The largest absolute Gasteiger partial charge is 0.451 e. The second kappa shape index (κ2) is 7.14. The molecule has 2 aromatic rings. The van der Waals surface area contributed by atoms with E-state index in [0.29, 0.717) is 11.7 Å². The highest BCUT2D eigenvalue weighted by Gasteiger charge is 2.35. The number of nitrogens with one attached hydrogen (secondary N) is 2. The number of fused-ring (bicyclic) bond motifs is 3. The molecule has 1 atom stereocenters. The minimum Gasteiger partial charge on any atom is -0.321 e. The molecule has 2 aliphatic rings. The summed E-state index contributed by atoms with van der Waals surface area (Å²) in [7, 11) is 0. The Kier molecular flexibility index (Phi) is 4.80. The van der Waals surface area contributed by atoms with Crippen molar-refractivity contribution < 1.29 is 18.0 Å². The smallest absolute Gasteiger partial charge is 0.321 e. The van der Waals surface area contributed by atoms with Crippen molar-refractivity contribution in [3.63, 3.8) is 0 Å². The van der Waals surface area contributed by atoms with Crippen LogP contribution in [0.4, 0.5) is 18.9 Å². The molecular formula is C19H20F3N5O. The number of rotatable bonds is 2. The average molecular weight is 391 g/mol. The summed E-state index contributed by atoms with van der Waals surface area (Å²) >= 11 is 0. The van der Waals surface area contributed by atoms with E-state index in [4.69, 9.17) is 0 Å². The third-order valence-electron chi connectivity index (χ3n) is 5.12. The van der Waals surface area contributed by atoms with E-state index in [1.54, 1.807) is 6.07 Å². The van der Waals surface area contributed by atoms with Gasteiger partial charge >= 0.3 is 6.18 Å². The van der Waals surface area contributed by atoms with Crippen molar-refractivity contribution in [3.8, 4) is 0 Å². The molecule has 9 heteroatoms. The van der Waals surface area contributed by atoms with E-state index in [9.17, 15) is 18.0 Å². The zero-order chi connectivity index (χ0) is 19.9. The molecule has 28 heavy (non-hydrogen) atoms. The number of halogens is 3. The van der Waals surface area contributed by atoms with Gasteiger partial charge in [-0.2, -0.15) is 13.2 Å². The van der Waals surface area contributed by atoms with Crippen LogP contribution in [0.15, 0.2) is 24.3 Å². The van der Waals surface area contributed by atoms with Gasteiger partial charge in [-0.05, 0) is 42.7 Å². The standard InChI is InChI=1S/C19H20F3N5O/c1-11-8-15(26-18(24-11)19(20,21)22)17(28)25-13-2-3-14-12(9-13)4-6-27-7-5-23-10-16(14)27/h2-3,8-9,16,23H,4-7,10H2,1H3,(H,25,28). The summed E-state index contributed by atoms with van der Waals surface area (Å²) in [4.78, 5) is 21.6. The number of alkyl halides is 3. The lowest BCUT2D eigenvalue weighted by Crippen LogP contribution is -2.48. The van der Waals surface area contributed by atoms with E-state index in [-0.39, 0.29) is 11.4 Å². The Morgan fingerprint density at radius 1 is 1.25 bits per heavy atom. The molecule has 148 valence electrons. The molecule has 0 aliphatic carbocycles. The number of hydrogen-bond donors (Lipinski definition) is 2. The number of amides is 1. The molecule has 0 saturated carbocycles. The quantitative estimate of drug-likeness (QED) is 0.824. The number of anilines is 1. The number of aryl methyl sites for hydroxylation is 1. The molecule has 6 nitrogen and oxygen atoms in total. The maximum atomic E-state index is 12.9. The van der Waals surface area contributed by atoms with E-state index in [1.807, 2.05) is 12.1 Å². The number of carbonyl (C=O) groups is 1. The lowest BCUT2D eigenvalue weighted by Gasteiger charge is -2.41. The van der Waals surface area contributed by atoms with Crippen LogP contribution < -0.4 is 10.6 Å². The Morgan fingerprint density at radius 3 is 2.86 bits per heavy atom. The maximum absolute atomic E-state index is 12.9. The Balaban J connectivity index is 1.55. The number of nitrogens with zero attached hydrogens (tertiary/aromatic N) is 3. The number of aromatic nitrogens is 2. The number of benzene rings is 1. The molecular weight excluding hydrogens is 371 g/mol. The minimum absolute atomic E-state index is 0.0859. The third-order valence-corrected chi connectivity index (χ3v) is 5.12. The fraction of sp³-hybridized carbons (Fsp3) is 0.421. The molecule has 1 aromatic heterocycles. The Morgan fingerprint density at radius 2 is 2.07 bits per heavy atom. The van der Waals surface area contributed by atoms with Crippen molar-refractivity contribution in [2.45, 2.75) is 25.6 Å². The fourth-order valence-corrected chi connectivity index (χ4v) is 3.82. The zero-order valence-corrected chi connectivity index (χ0v) is 15.3. The van der Waals surface area contributed by atoms with Crippen LogP contribution in [0.25, 0.3) is 0 Å². The first-order valence-electron chi connectivity index (χ1n) is 9.13. The second-order valence-corrected chi connectivity index (χ2v) is 7.09. The molecule has 0 bridgehead atoms. The maximum Gasteiger partial charge on any atom is 0.451 e. The van der Waals surface area contributed by atoms with Gasteiger partial charge in [0.05, 0.1) is 0 Å². The summed E-state index contributed by atoms with van der Waals surface area (Å²) in [6.07, 6.45) is -3.83. The van der Waals surface area contributed by atoms with E-state index in [2.05, 4.69) is 25.5 Å². The van der Waals surface area contributed by atoms with Crippen LogP contribution in [0.3, 0.4) is 0 Å². The Bertz CT molecular complexity index is 915. The molecule has 2 aliphatic heterocycles. The molecule has 1 saturated heterocycles. The van der Waals surface area contributed by atoms with Gasteiger partial charge in [-0.3, -0.25) is 9.69 Å². The normalized spacial score (nSPS) is 19.6. The van der Waals surface area contributed by atoms with Gasteiger partial charge in [0.1, 0.15) is 5.69 Å². The summed E-state index contributed by atoms with van der Waals surface area (Å²) in [5.41, 5.74) is 2.71. The molecule has 0 spiro atoms. The summed E-state index contributed by atoms with van der Waals surface area (Å²) < 4.78 is 38.7. The molecule has 1 unspecified atom stereocenters. The van der Waals surface area contributed by atoms with Crippen molar-refractivity contribution in [1.82, 2.24) is 20.2 Å². The lowest BCUT2D eigenvalue weighted by molar-refractivity contribution is -0.145. The van der Waals surface area contributed by atoms with Crippen molar-refractivity contribution in [2.75, 3.05) is 31.5 Å². The van der Waals surface area contributed by atoms with Gasteiger partial charge in [-0.1, -0.05) is 6.07 Å². The number of hydrogen-bond acceptors (Lipinski definition) is 5. The summed E-state index contributed by atoms with van der Waals surface area (Å²) in [5, 5.41) is 6.06.